The average molecular weight is 516 g/mol. The number of allylic oxidation sites excluding steroid dienone is 1. The number of carbonyl (C=O) groups excluding carboxylic acids is 1. The molecule has 1 aliphatic rings. The van der Waals surface area contributed by atoms with Gasteiger partial charge in [0.15, 0.2) is 0 Å². The Morgan fingerprint density at radius 1 is 1.09 bits per heavy atom. The van der Waals surface area contributed by atoms with Crippen LogP contribution in [0, 0.1) is 0 Å². The number of ether oxygens (including phenoxy) is 1. The summed E-state index contributed by atoms with van der Waals surface area (Å²) < 4.78 is 8.83. The van der Waals surface area contributed by atoms with Crippen molar-refractivity contribution in [3.05, 3.63) is 112 Å². The number of benzene rings is 3. The van der Waals surface area contributed by atoms with E-state index < -0.39 is 6.04 Å². The molecule has 7 nitrogen and oxygen atoms in total. The first-order chi connectivity index (χ1) is 16.6. The van der Waals surface area contributed by atoms with Crippen LogP contribution in [0.4, 0.5) is 11.6 Å². The van der Waals surface area contributed by atoms with Gasteiger partial charge in [-0.2, -0.15) is 10.1 Å². The first kappa shape index (κ1) is 21.9. The molecule has 0 fully saturated rings. The van der Waals surface area contributed by atoms with E-state index in [1.54, 1.807) is 4.68 Å². The highest BCUT2D eigenvalue weighted by Crippen LogP contribution is 2.40. The molecule has 1 unspecified atom stereocenters. The molecule has 1 atom stereocenters. The van der Waals surface area contributed by atoms with Gasteiger partial charge in [-0.05, 0) is 42.8 Å². The van der Waals surface area contributed by atoms with Crippen LogP contribution in [0.3, 0.4) is 0 Å². The number of rotatable bonds is 6. The molecule has 8 heteroatoms. The molecule has 1 aromatic heterocycles. The van der Waals surface area contributed by atoms with E-state index in [-0.39, 0.29) is 5.91 Å². The van der Waals surface area contributed by atoms with Crippen LogP contribution in [0.5, 0.6) is 5.75 Å². The minimum Gasteiger partial charge on any atom is -0.489 e. The third-order valence-electron chi connectivity index (χ3n) is 5.57. The van der Waals surface area contributed by atoms with Crippen molar-refractivity contribution in [1.82, 2.24) is 14.8 Å². The maximum absolute atomic E-state index is 13.5. The number of carbonyl (C=O) groups is 1. The van der Waals surface area contributed by atoms with Crippen molar-refractivity contribution in [2.45, 2.75) is 19.6 Å². The van der Waals surface area contributed by atoms with Gasteiger partial charge in [-0.3, -0.25) is 4.79 Å². The Hall–Kier alpha value is -3.91. The molecule has 170 valence electrons. The smallest absolute Gasteiger partial charge is 0.255 e. The molecule has 2 N–H and O–H groups in total. The molecular weight excluding hydrogens is 494 g/mol. The molecule has 0 aliphatic carbocycles. The summed E-state index contributed by atoms with van der Waals surface area (Å²) in [5, 5.41) is 10.6. The lowest BCUT2D eigenvalue weighted by Crippen LogP contribution is -2.31. The normalized spacial score (nSPS) is 14.8. The Kier molecular flexibility index (Phi) is 6.14. The number of halogens is 1. The van der Waals surface area contributed by atoms with Gasteiger partial charge in [-0.15, -0.1) is 0 Å². The van der Waals surface area contributed by atoms with Crippen LogP contribution in [0.1, 0.15) is 24.1 Å². The molecule has 0 saturated heterocycles. The second-order valence-electron chi connectivity index (χ2n) is 7.87. The molecule has 5 rings (SSSR count). The number of aromatic nitrogens is 3. The molecule has 34 heavy (non-hydrogen) atoms. The largest absolute Gasteiger partial charge is 0.489 e. The fourth-order valence-corrected chi connectivity index (χ4v) is 4.37. The van der Waals surface area contributed by atoms with E-state index in [0.717, 1.165) is 15.6 Å². The Labute approximate surface area is 205 Å². The predicted octanol–water partition coefficient (Wildman–Crippen LogP) is 5.55. The molecule has 0 radical (unpaired) electrons. The van der Waals surface area contributed by atoms with Crippen LogP contribution in [-0.2, 0) is 11.4 Å². The number of nitrogens with zero attached hydrogens (tertiary/aromatic N) is 3. The van der Waals surface area contributed by atoms with E-state index in [9.17, 15) is 4.79 Å². The first-order valence-corrected chi connectivity index (χ1v) is 11.6. The highest BCUT2D eigenvalue weighted by molar-refractivity contribution is 9.10. The van der Waals surface area contributed by atoms with Gasteiger partial charge in [0.2, 0.25) is 5.95 Å². The van der Waals surface area contributed by atoms with Crippen molar-refractivity contribution in [1.29, 1.82) is 0 Å². The van der Waals surface area contributed by atoms with Gasteiger partial charge in [0.1, 0.15) is 24.7 Å². The zero-order chi connectivity index (χ0) is 23.5. The quantitative estimate of drug-likeness (QED) is 0.352. The first-order valence-electron chi connectivity index (χ1n) is 10.8. The third-order valence-corrected chi connectivity index (χ3v) is 6.07. The number of hydrogen-bond acceptors (Lipinski definition) is 5. The van der Waals surface area contributed by atoms with Gasteiger partial charge in [-0.25, -0.2) is 4.68 Å². The van der Waals surface area contributed by atoms with Crippen molar-refractivity contribution in [3.8, 4) is 5.75 Å². The van der Waals surface area contributed by atoms with Crippen molar-refractivity contribution in [2.75, 3.05) is 10.6 Å². The molecule has 2 heterocycles. The van der Waals surface area contributed by atoms with Gasteiger partial charge in [0, 0.05) is 21.4 Å². The topological polar surface area (TPSA) is 81.1 Å². The van der Waals surface area contributed by atoms with E-state index in [2.05, 4.69) is 36.6 Å². The van der Waals surface area contributed by atoms with Crippen LogP contribution in [-0.4, -0.2) is 20.7 Å². The third kappa shape index (κ3) is 4.45. The van der Waals surface area contributed by atoms with Crippen molar-refractivity contribution in [2.24, 2.45) is 0 Å². The molecule has 4 aromatic rings. The fourth-order valence-electron chi connectivity index (χ4n) is 3.99. The highest BCUT2D eigenvalue weighted by atomic mass is 79.9. The Bertz CT molecular complexity index is 1350. The zero-order valence-corrected chi connectivity index (χ0v) is 20.0. The van der Waals surface area contributed by atoms with Crippen LogP contribution in [0.15, 0.2) is 101 Å². The number of amides is 1. The summed E-state index contributed by atoms with van der Waals surface area (Å²) in [6.45, 7) is 2.27. The summed E-state index contributed by atoms with van der Waals surface area (Å²) >= 11 is 3.58. The van der Waals surface area contributed by atoms with Crippen LogP contribution in [0.25, 0.3) is 0 Å². The van der Waals surface area contributed by atoms with Gasteiger partial charge in [-0.1, -0.05) is 64.5 Å². The number of hydrogen-bond donors (Lipinski definition) is 2. The van der Waals surface area contributed by atoms with Gasteiger partial charge in [0.25, 0.3) is 5.91 Å². The van der Waals surface area contributed by atoms with Gasteiger partial charge >= 0.3 is 0 Å². The monoisotopic (exact) mass is 515 g/mol. The molecule has 0 spiro atoms. The summed E-state index contributed by atoms with van der Waals surface area (Å²) in [6, 6.07) is 24.6. The second-order valence-corrected chi connectivity index (χ2v) is 8.79. The lowest BCUT2D eigenvalue weighted by molar-refractivity contribution is -0.113. The molecule has 0 saturated carbocycles. The Balaban J connectivity index is 1.56. The molecule has 3 aromatic carbocycles. The number of nitrogens with one attached hydrogen (secondary N) is 2. The van der Waals surface area contributed by atoms with Crippen LogP contribution >= 0.6 is 15.9 Å². The van der Waals surface area contributed by atoms with E-state index in [1.807, 2.05) is 85.8 Å². The Morgan fingerprint density at radius 2 is 1.82 bits per heavy atom. The zero-order valence-electron chi connectivity index (χ0n) is 18.4. The summed E-state index contributed by atoms with van der Waals surface area (Å²) in [4.78, 5) is 17.9. The van der Waals surface area contributed by atoms with Crippen molar-refractivity contribution >= 4 is 33.5 Å². The number of fused-ring (bicyclic) bond motifs is 1. The summed E-state index contributed by atoms with van der Waals surface area (Å²) in [6.07, 6.45) is 1.48. The van der Waals surface area contributed by atoms with Gasteiger partial charge in [0.05, 0.1) is 5.57 Å². The highest BCUT2D eigenvalue weighted by Gasteiger charge is 2.35. The van der Waals surface area contributed by atoms with E-state index >= 15 is 0 Å². The molecular formula is C26H22BrN5O2. The SMILES string of the molecule is CC1=C(C(=O)Nc2ccccc2)C(c2cc(Br)ccc2OCc2ccccc2)n2ncnc2N1. The second kappa shape index (κ2) is 9.52. The summed E-state index contributed by atoms with van der Waals surface area (Å²) in [5.74, 6) is 1.00. The minimum absolute atomic E-state index is 0.226. The number of anilines is 2. The van der Waals surface area contributed by atoms with E-state index in [1.165, 1.54) is 6.33 Å². The van der Waals surface area contributed by atoms with Gasteiger partial charge < -0.3 is 15.4 Å². The van der Waals surface area contributed by atoms with E-state index in [4.69, 9.17) is 4.74 Å². The standard InChI is InChI=1S/C26H22BrN5O2/c1-17-23(25(33)31-20-10-6-3-7-11-20)24(32-26(30-17)28-16-29-32)21-14-19(27)12-13-22(21)34-15-18-8-4-2-5-9-18/h2-14,16,24H,15H2,1H3,(H,31,33)(H,28,29,30). The maximum atomic E-state index is 13.5. The summed E-state index contributed by atoms with van der Waals surface area (Å²) in [7, 11) is 0. The molecule has 1 aliphatic heterocycles. The van der Waals surface area contributed by atoms with E-state index in [0.29, 0.717) is 35.3 Å². The lowest BCUT2D eigenvalue weighted by atomic mass is 9.94. The molecule has 0 bridgehead atoms. The fraction of sp³-hybridized carbons (Fsp3) is 0.115. The van der Waals surface area contributed by atoms with Crippen LogP contribution < -0.4 is 15.4 Å². The van der Waals surface area contributed by atoms with Crippen molar-refractivity contribution in [3.63, 3.8) is 0 Å². The van der Waals surface area contributed by atoms with Crippen molar-refractivity contribution < 1.29 is 9.53 Å². The molecule has 1 amide bonds. The maximum Gasteiger partial charge on any atom is 0.255 e. The predicted molar refractivity (Wildman–Crippen MR) is 134 cm³/mol. The number of para-hydroxylation sites is 1. The van der Waals surface area contributed by atoms with Crippen LogP contribution in [0.2, 0.25) is 0 Å². The Morgan fingerprint density at radius 3 is 2.59 bits per heavy atom. The minimum atomic E-state index is -0.536. The average Bonchev–Trinajstić information content (AvgIpc) is 3.31. The summed E-state index contributed by atoms with van der Waals surface area (Å²) in [5.41, 5.74) is 3.80. The lowest BCUT2D eigenvalue weighted by Gasteiger charge is -2.30.